The van der Waals surface area contributed by atoms with Crippen LogP contribution in [0.25, 0.3) is 0 Å². The molecule has 150 valence electrons. The van der Waals surface area contributed by atoms with Gasteiger partial charge < -0.3 is 19.5 Å². The fraction of sp³-hybridized carbons (Fsp3) is 0.429. The van der Waals surface area contributed by atoms with Gasteiger partial charge in [-0.25, -0.2) is 0 Å². The first-order valence-electron chi connectivity index (χ1n) is 9.70. The molecule has 1 saturated heterocycles. The summed E-state index contributed by atoms with van der Waals surface area (Å²) in [7, 11) is 0. The van der Waals surface area contributed by atoms with Crippen molar-refractivity contribution in [3.8, 4) is 0 Å². The molecule has 1 fully saturated rings. The summed E-state index contributed by atoms with van der Waals surface area (Å²) in [5.74, 6) is 1.85. The lowest BCUT2D eigenvalue weighted by Crippen LogP contribution is -2.53. The molecule has 2 heterocycles. The highest BCUT2D eigenvalue weighted by Gasteiger charge is 2.27. The van der Waals surface area contributed by atoms with Crippen LogP contribution >= 0.6 is 24.0 Å². The Balaban J connectivity index is 0.00000225. The van der Waals surface area contributed by atoms with Crippen LogP contribution in [-0.4, -0.2) is 60.9 Å². The first-order valence-corrected chi connectivity index (χ1v) is 9.70. The Labute approximate surface area is 183 Å². The molecule has 1 N–H and O–H groups in total. The largest absolute Gasteiger partial charge is 0.459 e. The Morgan fingerprint density at radius 2 is 1.89 bits per heavy atom. The number of benzene rings is 1. The monoisotopic (exact) mass is 494 g/mol. The van der Waals surface area contributed by atoms with Gasteiger partial charge in [0.1, 0.15) is 0 Å². The van der Waals surface area contributed by atoms with Crippen LogP contribution in [0.5, 0.6) is 0 Å². The lowest BCUT2D eigenvalue weighted by molar-refractivity contribution is 0.0657. The maximum Gasteiger partial charge on any atom is 0.289 e. The fourth-order valence-electron chi connectivity index (χ4n) is 3.83. The van der Waals surface area contributed by atoms with Crippen molar-refractivity contribution in [3.05, 3.63) is 59.5 Å². The Kier molecular flexibility index (Phi) is 6.98. The maximum atomic E-state index is 12.4. The third kappa shape index (κ3) is 4.34. The molecular formula is C21H27IN4O2. The summed E-state index contributed by atoms with van der Waals surface area (Å²) in [6, 6.07) is 12.1. The van der Waals surface area contributed by atoms with E-state index in [4.69, 9.17) is 9.41 Å². The highest BCUT2D eigenvalue weighted by atomic mass is 127. The first-order chi connectivity index (χ1) is 13.3. The molecule has 7 heteroatoms. The van der Waals surface area contributed by atoms with Crippen LogP contribution in [0.1, 0.15) is 34.5 Å². The van der Waals surface area contributed by atoms with E-state index < -0.39 is 0 Å². The van der Waals surface area contributed by atoms with E-state index in [0.717, 1.165) is 38.6 Å². The van der Waals surface area contributed by atoms with Crippen molar-refractivity contribution in [2.24, 2.45) is 4.99 Å². The van der Waals surface area contributed by atoms with Crippen molar-refractivity contribution in [1.29, 1.82) is 0 Å². The zero-order chi connectivity index (χ0) is 18.6. The average Bonchev–Trinajstić information content (AvgIpc) is 3.22. The van der Waals surface area contributed by atoms with Gasteiger partial charge in [-0.15, -0.1) is 24.0 Å². The van der Waals surface area contributed by atoms with E-state index in [1.165, 1.54) is 17.4 Å². The molecule has 2 aromatic rings. The summed E-state index contributed by atoms with van der Waals surface area (Å²) < 4.78 is 5.23. The number of furan rings is 1. The van der Waals surface area contributed by atoms with E-state index in [9.17, 15) is 4.79 Å². The van der Waals surface area contributed by atoms with Gasteiger partial charge in [-0.2, -0.15) is 0 Å². The van der Waals surface area contributed by atoms with Crippen LogP contribution in [0.4, 0.5) is 0 Å². The van der Waals surface area contributed by atoms with Crippen molar-refractivity contribution in [2.45, 2.75) is 19.3 Å². The van der Waals surface area contributed by atoms with E-state index in [0.29, 0.717) is 24.8 Å². The molecule has 1 aliphatic carbocycles. The van der Waals surface area contributed by atoms with Crippen molar-refractivity contribution in [2.75, 3.05) is 39.3 Å². The Morgan fingerprint density at radius 1 is 1.14 bits per heavy atom. The smallest absolute Gasteiger partial charge is 0.289 e. The number of aliphatic imine (C=N–C) groups is 1. The molecule has 1 aromatic carbocycles. The lowest BCUT2D eigenvalue weighted by atomic mass is 9.78. The number of nitrogens with one attached hydrogen (secondary N) is 1. The summed E-state index contributed by atoms with van der Waals surface area (Å²) >= 11 is 0. The van der Waals surface area contributed by atoms with Gasteiger partial charge in [-0.05, 0) is 36.6 Å². The van der Waals surface area contributed by atoms with Crippen LogP contribution in [0.15, 0.2) is 52.1 Å². The zero-order valence-corrected chi connectivity index (χ0v) is 18.5. The number of carbonyl (C=O) groups excluding carboxylic acids is 1. The van der Waals surface area contributed by atoms with Gasteiger partial charge in [0.05, 0.1) is 6.26 Å². The highest BCUT2D eigenvalue weighted by Crippen LogP contribution is 2.34. The molecule has 6 nitrogen and oxygen atoms in total. The number of rotatable bonds is 4. The zero-order valence-electron chi connectivity index (χ0n) is 16.1. The Bertz CT molecular complexity index is 814. The third-order valence-electron chi connectivity index (χ3n) is 5.36. The van der Waals surface area contributed by atoms with E-state index in [1.54, 1.807) is 12.1 Å². The number of hydrogen-bond acceptors (Lipinski definition) is 3. The fourth-order valence-corrected chi connectivity index (χ4v) is 3.83. The second-order valence-corrected chi connectivity index (χ2v) is 7.05. The first kappa shape index (κ1) is 20.7. The second kappa shape index (κ2) is 9.45. The minimum atomic E-state index is -0.0346. The molecule has 2 aliphatic rings. The molecule has 4 rings (SSSR count). The van der Waals surface area contributed by atoms with Crippen LogP contribution in [0.2, 0.25) is 0 Å². The Morgan fingerprint density at radius 3 is 2.57 bits per heavy atom. The normalized spacial score (nSPS) is 18.8. The minimum absolute atomic E-state index is 0. The SMILES string of the molecule is CCNC(=NCC1Cc2ccccc21)N1CCN(C(=O)c2ccco2)CC1.I. The summed E-state index contributed by atoms with van der Waals surface area (Å²) in [6.45, 7) is 6.65. The molecule has 0 bridgehead atoms. The van der Waals surface area contributed by atoms with Crippen molar-refractivity contribution >= 4 is 35.8 Å². The number of hydrogen-bond donors (Lipinski definition) is 1. The number of guanidine groups is 1. The van der Waals surface area contributed by atoms with Crippen molar-refractivity contribution in [3.63, 3.8) is 0 Å². The molecule has 0 saturated carbocycles. The van der Waals surface area contributed by atoms with Crippen LogP contribution < -0.4 is 5.32 Å². The second-order valence-electron chi connectivity index (χ2n) is 7.05. The van der Waals surface area contributed by atoms with Crippen molar-refractivity contribution < 1.29 is 9.21 Å². The molecule has 1 unspecified atom stereocenters. The highest BCUT2D eigenvalue weighted by molar-refractivity contribution is 14.0. The predicted molar refractivity (Wildman–Crippen MR) is 120 cm³/mol. The van der Waals surface area contributed by atoms with Gasteiger partial charge in [0.15, 0.2) is 11.7 Å². The Hall–Kier alpha value is -2.03. The number of amides is 1. The number of piperazine rings is 1. The molecule has 1 aromatic heterocycles. The summed E-state index contributed by atoms with van der Waals surface area (Å²) in [4.78, 5) is 21.4. The third-order valence-corrected chi connectivity index (χ3v) is 5.36. The van der Waals surface area contributed by atoms with Gasteiger partial charge in [0.25, 0.3) is 5.91 Å². The van der Waals surface area contributed by atoms with Crippen LogP contribution in [-0.2, 0) is 6.42 Å². The maximum absolute atomic E-state index is 12.4. The molecule has 0 radical (unpaired) electrons. The topological polar surface area (TPSA) is 61.1 Å². The molecular weight excluding hydrogens is 467 g/mol. The summed E-state index contributed by atoms with van der Waals surface area (Å²) in [5, 5.41) is 3.41. The molecule has 28 heavy (non-hydrogen) atoms. The van der Waals surface area contributed by atoms with Gasteiger partial charge in [0.2, 0.25) is 0 Å². The predicted octanol–water partition coefficient (Wildman–Crippen LogP) is 2.96. The summed E-state index contributed by atoms with van der Waals surface area (Å²) in [6.07, 6.45) is 2.66. The minimum Gasteiger partial charge on any atom is -0.459 e. The van der Waals surface area contributed by atoms with Crippen LogP contribution in [0, 0.1) is 0 Å². The molecule has 1 aliphatic heterocycles. The average molecular weight is 494 g/mol. The number of fused-ring (bicyclic) bond motifs is 1. The standard InChI is InChI=1S/C21H26N4O2.HI/c1-2-22-21(23-15-17-14-16-6-3-4-7-18(16)17)25-11-9-24(10-12-25)20(26)19-8-5-13-27-19;/h3-8,13,17H,2,9-12,14-15H2,1H3,(H,22,23);1H. The lowest BCUT2D eigenvalue weighted by Gasteiger charge is -2.36. The number of carbonyl (C=O) groups is 1. The van der Waals surface area contributed by atoms with Crippen molar-refractivity contribution in [1.82, 2.24) is 15.1 Å². The van der Waals surface area contributed by atoms with Gasteiger partial charge >= 0.3 is 0 Å². The molecule has 0 spiro atoms. The quantitative estimate of drug-likeness (QED) is 0.404. The van der Waals surface area contributed by atoms with Gasteiger partial charge in [0, 0.05) is 45.2 Å². The summed E-state index contributed by atoms with van der Waals surface area (Å²) in [5.41, 5.74) is 2.89. The van der Waals surface area contributed by atoms with E-state index in [2.05, 4.69) is 41.4 Å². The molecule has 1 amide bonds. The van der Waals surface area contributed by atoms with Crippen LogP contribution in [0.3, 0.4) is 0 Å². The van der Waals surface area contributed by atoms with E-state index in [1.807, 2.05) is 4.90 Å². The van der Waals surface area contributed by atoms with Gasteiger partial charge in [-0.1, -0.05) is 24.3 Å². The number of halogens is 1. The van der Waals surface area contributed by atoms with Gasteiger partial charge in [-0.3, -0.25) is 9.79 Å². The molecule has 1 atom stereocenters. The van der Waals surface area contributed by atoms with E-state index in [-0.39, 0.29) is 29.9 Å². The van der Waals surface area contributed by atoms with E-state index >= 15 is 0 Å². The number of nitrogens with zero attached hydrogens (tertiary/aromatic N) is 3.